The van der Waals surface area contributed by atoms with E-state index in [9.17, 15) is 0 Å². The molecule has 0 amide bonds. The molecule has 0 bridgehead atoms. The van der Waals surface area contributed by atoms with Gasteiger partial charge in [-0.05, 0) is 70.7 Å². The first-order valence-corrected chi connectivity index (χ1v) is 13.9. The van der Waals surface area contributed by atoms with Gasteiger partial charge >= 0.3 is 0 Å². The van der Waals surface area contributed by atoms with E-state index < -0.39 is 0 Å². The smallest absolute Gasteiger partial charge is 0.0748 e. The first kappa shape index (κ1) is 26.2. The number of hydrogen-bond acceptors (Lipinski definition) is 1. The van der Waals surface area contributed by atoms with Crippen LogP contribution >= 0.6 is 0 Å². The average molecular weight is 506 g/mol. The standard InChI is InChI=1S/C38H35N/c1-2-3-8-25-37-35(27-31-19-11-5-12-20-31)34(26-30-17-9-4-10-18-30)36(28-32-21-13-6-14-22-32)38(39-37)29-33-23-15-7-16-24-33/h3-7,9-25H,2,26-29H2,1H3. The normalized spacial score (nSPS) is 10.6. The fourth-order valence-electron chi connectivity index (χ4n) is 5.12. The van der Waals surface area contributed by atoms with Gasteiger partial charge in [0.25, 0.3) is 0 Å². The summed E-state index contributed by atoms with van der Waals surface area (Å²) in [4.78, 5) is 5.40. The molecule has 0 spiro atoms. The lowest BCUT2D eigenvalue weighted by atomic mass is 9.85. The van der Waals surface area contributed by atoms with Crippen molar-refractivity contribution in [2.24, 2.45) is 0 Å². The Morgan fingerprint density at radius 3 is 1.38 bits per heavy atom. The van der Waals surface area contributed by atoms with E-state index in [1.807, 2.05) is 0 Å². The van der Waals surface area contributed by atoms with Crippen LogP contribution in [0.4, 0.5) is 0 Å². The van der Waals surface area contributed by atoms with Crippen LogP contribution in [0.2, 0.25) is 0 Å². The van der Waals surface area contributed by atoms with Crippen LogP contribution in [0.15, 0.2) is 133 Å². The van der Waals surface area contributed by atoms with Crippen molar-refractivity contribution in [3.8, 4) is 0 Å². The van der Waals surface area contributed by atoms with Crippen LogP contribution in [0.3, 0.4) is 0 Å². The Morgan fingerprint density at radius 2 is 0.923 bits per heavy atom. The average Bonchev–Trinajstić information content (AvgIpc) is 2.99. The molecule has 0 fully saturated rings. The number of nitrogens with zero attached hydrogens (tertiary/aromatic N) is 1. The van der Waals surface area contributed by atoms with Gasteiger partial charge in [-0.1, -0.05) is 128 Å². The monoisotopic (exact) mass is 505 g/mol. The largest absolute Gasteiger partial charge is 0.252 e. The Kier molecular flexibility index (Phi) is 8.98. The first-order chi connectivity index (χ1) is 19.3. The lowest BCUT2D eigenvalue weighted by Gasteiger charge is -2.22. The van der Waals surface area contributed by atoms with Crippen molar-refractivity contribution in [1.82, 2.24) is 4.98 Å². The Labute approximate surface area is 233 Å². The fraction of sp³-hybridized carbons (Fsp3) is 0.158. The van der Waals surface area contributed by atoms with Crippen LogP contribution in [0.5, 0.6) is 0 Å². The molecule has 0 radical (unpaired) electrons. The minimum absolute atomic E-state index is 0.800. The van der Waals surface area contributed by atoms with Gasteiger partial charge in [0.15, 0.2) is 0 Å². The van der Waals surface area contributed by atoms with Gasteiger partial charge in [0.05, 0.1) is 5.69 Å². The predicted molar refractivity (Wildman–Crippen MR) is 164 cm³/mol. The lowest BCUT2D eigenvalue weighted by molar-refractivity contribution is 0.929. The summed E-state index contributed by atoms with van der Waals surface area (Å²) in [5.41, 5.74) is 14.8. The molecular weight excluding hydrogens is 470 g/mol. The van der Waals surface area contributed by atoms with Crippen molar-refractivity contribution in [2.75, 3.05) is 0 Å². The number of allylic oxidation sites excluding steroid dienone is 1. The zero-order chi connectivity index (χ0) is 26.7. The van der Waals surface area contributed by atoms with Crippen molar-refractivity contribution in [1.29, 1.82) is 0 Å². The maximum Gasteiger partial charge on any atom is 0.0748 e. The molecule has 0 aliphatic rings. The Hall–Kier alpha value is -4.45. The first-order valence-electron chi connectivity index (χ1n) is 13.9. The van der Waals surface area contributed by atoms with Crippen molar-refractivity contribution >= 4 is 6.08 Å². The molecule has 0 aliphatic heterocycles. The van der Waals surface area contributed by atoms with E-state index in [0.29, 0.717) is 0 Å². The van der Waals surface area contributed by atoms with Gasteiger partial charge in [0, 0.05) is 18.2 Å². The van der Waals surface area contributed by atoms with Gasteiger partial charge in [-0.3, -0.25) is 4.98 Å². The zero-order valence-corrected chi connectivity index (χ0v) is 22.7. The van der Waals surface area contributed by atoms with E-state index in [1.54, 1.807) is 0 Å². The molecule has 0 atom stereocenters. The van der Waals surface area contributed by atoms with Crippen molar-refractivity contribution < 1.29 is 0 Å². The van der Waals surface area contributed by atoms with Gasteiger partial charge in [-0.25, -0.2) is 0 Å². The van der Waals surface area contributed by atoms with Gasteiger partial charge in [-0.15, -0.1) is 5.73 Å². The molecule has 0 N–H and O–H groups in total. The summed E-state index contributed by atoms with van der Waals surface area (Å²) in [5.74, 6) is 0. The van der Waals surface area contributed by atoms with E-state index in [4.69, 9.17) is 4.98 Å². The van der Waals surface area contributed by atoms with Crippen LogP contribution in [0, 0.1) is 0 Å². The summed E-state index contributed by atoms with van der Waals surface area (Å²) in [5, 5.41) is 0. The minimum Gasteiger partial charge on any atom is -0.252 e. The molecule has 39 heavy (non-hydrogen) atoms. The zero-order valence-electron chi connectivity index (χ0n) is 22.7. The number of rotatable bonds is 10. The number of benzene rings is 4. The molecule has 1 nitrogen and oxygen atoms in total. The summed E-state index contributed by atoms with van der Waals surface area (Å²) >= 11 is 0. The van der Waals surface area contributed by atoms with Gasteiger partial charge in [0.1, 0.15) is 0 Å². The van der Waals surface area contributed by atoms with E-state index >= 15 is 0 Å². The van der Waals surface area contributed by atoms with Crippen LogP contribution in [0.1, 0.15) is 63.7 Å². The number of pyridine rings is 1. The highest BCUT2D eigenvalue weighted by Crippen LogP contribution is 2.30. The molecule has 0 saturated heterocycles. The van der Waals surface area contributed by atoms with E-state index in [0.717, 1.165) is 43.5 Å². The second-order valence-electron chi connectivity index (χ2n) is 9.95. The molecule has 5 rings (SSSR count). The molecule has 0 saturated carbocycles. The fourth-order valence-corrected chi connectivity index (χ4v) is 5.12. The SMILES string of the molecule is CCC=C=Cc1nc(Cc2ccccc2)c(Cc2ccccc2)c(Cc2ccccc2)c1Cc1ccccc1. The quantitative estimate of drug-likeness (QED) is 0.173. The maximum atomic E-state index is 5.40. The predicted octanol–water partition coefficient (Wildman–Crippen LogP) is 9.02. The summed E-state index contributed by atoms with van der Waals surface area (Å²) in [7, 11) is 0. The summed E-state index contributed by atoms with van der Waals surface area (Å²) < 4.78 is 0. The third-order valence-electron chi connectivity index (χ3n) is 7.07. The molecule has 5 aromatic rings. The van der Waals surface area contributed by atoms with Gasteiger partial charge in [-0.2, -0.15) is 0 Å². The Morgan fingerprint density at radius 1 is 0.513 bits per heavy atom. The number of hydrogen-bond donors (Lipinski definition) is 0. The molecular formula is C38H35N. The van der Waals surface area contributed by atoms with Crippen molar-refractivity contribution in [2.45, 2.75) is 39.0 Å². The van der Waals surface area contributed by atoms with Crippen LogP contribution in [-0.2, 0) is 25.7 Å². The molecule has 1 heterocycles. The Balaban J connectivity index is 1.76. The molecule has 1 aromatic heterocycles. The molecule has 0 aliphatic carbocycles. The third kappa shape index (κ3) is 7.11. The van der Waals surface area contributed by atoms with Crippen molar-refractivity contribution in [3.63, 3.8) is 0 Å². The van der Waals surface area contributed by atoms with Crippen LogP contribution in [-0.4, -0.2) is 4.98 Å². The van der Waals surface area contributed by atoms with Crippen LogP contribution in [0.25, 0.3) is 6.08 Å². The highest BCUT2D eigenvalue weighted by Gasteiger charge is 2.20. The summed E-state index contributed by atoms with van der Waals surface area (Å²) in [6, 6.07) is 43.2. The summed E-state index contributed by atoms with van der Waals surface area (Å²) in [6.07, 6.45) is 8.49. The second-order valence-corrected chi connectivity index (χ2v) is 9.95. The van der Waals surface area contributed by atoms with Gasteiger partial charge < -0.3 is 0 Å². The van der Waals surface area contributed by atoms with E-state index in [1.165, 1.54) is 38.9 Å². The number of aromatic nitrogens is 1. The third-order valence-corrected chi connectivity index (χ3v) is 7.07. The Bertz CT molecular complexity index is 1530. The molecule has 192 valence electrons. The molecule has 0 unspecified atom stereocenters. The molecule has 4 aromatic carbocycles. The van der Waals surface area contributed by atoms with Crippen molar-refractivity contribution in [3.05, 3.63) is 183 Å². The van der Waals surface area contributed by atoms with Crippen LogP contribution < -0.4 is 0 Å². The molecule has 1 heteroatoms. The second kappa shape index (κ2) is 13.4. The minimum atomic E-state index is 0.800. The van der Waals surface area contributed by atoms with E-state index in [-0.39, 0.29) is 0 Å². The summed E-state index contributed by atoms with van der Waals surface area (Å²) in [6.45, 7) is 2.14. The lowest BCUT2D eigenvalue weighted by Crippen LogP contribution is -2.13. The highest BCUT2D eigenvalue weighted by molar-refractivity contribution is 5.58. The maximum absolute atomic E-state index is 5.40. The topological polar surface area (TPSA) is 12.9 Å². The van der Waals surface area contributed by atoms with Gasteiger partial charge in [0.2, 0.25) is 0 Å². The van der Waals surface area contributed by atoms with E-state index in [2.05, 4.69) is 146 Å². The highest BCUT2D eigenvalue weighted by atomic mass is 14.7.